The van der Waals surface area contributed by atoms with Gasteiger partial charge in [-0.1, -0.05) is 30.3 Å². The molecule has 17 heavy (non-hydrogen) atoms. The Kier molecular flexibility index (Phi) is 2.85. The highest BCUT2D eigenvalue weighted by Crippen LogP contribution is 2.26. The molecule has 0 aliphatic carbocycles. The van der Waals surface area contributed by atoms with Gasteiger partial charge in [-0.3, -0.25) is 9.69 Å². The Morgan fingerprint density at radius 2 is 2.06 bits per heavy atom. The Balaban J connectivity index is 1.62. The van der Waals surface area contributed by atoms with Gasteiger partial charge in [-0.2, -0.15) is 0 Å². The molecule has 0 bridgehead atoms. The summed E-state index contributed by atoms with van der Waals surface area (Å²) in [6, 6.07) is 10.9. The molecule has 0 spiro atoms. The molecule has 3 nitrogen and oxygen atoms in total. The van der Waals surface area contributed by atoms with Gasteiger partial charge < -0.3 is 5.32 Å². The van der Waals surface area contributed by atoms with E-state index < -0.39 is 0 Å². The molecule has 2 aliphatic rings. The fourth-order valence-corrected chi connectivity index (χ4v) is 2.98. The topological polar surface area (TPSA) is 32.3 Å². The van der Waals surface area contributed by atoms with E-state index in [9.17, 15) is 4.79 Å². The number of fused-ring (bicyclic) bond motifs is 1. The average Bonchev–Trinajstić information content (AvgIpc) is 2.71. The minimum Gasteiger partial charge on any atom is -0.352 e. The lowest BCUT2D eigenvalue weighted by Crippen LogP contribution is -2.44. The zero-order valence-corrected chi connectivity index (χ0v) is 9.93. The van der Waals surface area contributed by atoms with Crippen LogP contribution in [0.3, 0.4) is 0 Å². The van der Waals surface area contributed by atoms with Crippen molar-refractivity contribution in [2.75, 3.05) is 13.1 Å². The molecule has 0 unspecified atom stereocenters. The molecular formula is C14H18N2O. The fraction of sp³-hybridized carbons (Fsp3) is 0.500. The van der Waals surface area contributed by atoms with Crippen molar-refractivity contribution in [3.05, 3.63) is 35.9 Å². The Hall–Kier alpha value is -1.35. The van der Waals surface area contributed by atoms with Crippen LogP contribution in [0.2, 0.25) is 0 Å². The van der Waals surface area contributed by atoms with Crippen molar-refractivity contribution in [1.29, 1.82) is 0 Å². The van der Waals surface area contributed by atoms with Crippen LogP contribution in [0.15, 0.2) is 30.3 Å². The minimum absolute atomic E-state index is 0.229. The first kappa shape index (κ1) is 10.8. The Bertz CT molecular complexity index is 404. The predicted molar refractivity (Wildman–Crippen MR) is 66.4 cm³/mol. The molecule has 2 atom stereocenters. The lowest BCUT2D eigenvalue weighted by atomic mass is 9.94. The lowest BCUT2D eigenvalue weighted by Gasteiger charge is -2.24. The summed E-state index contributed by atoms with van der Waals surface area (Å²) in [6.07, 6.45) is 1.77. The van der Waals surface area contributed by atoms with E-state index in [2.05, 4.69) is 34.5 Å². The smallest absolute Gasteiger partial charge is 0.220 e. The summed E-state index contributed by atoms with van der Waals surface area (Å²) in [7, 11) is 0. The van der Waals surface area contributed by atoms with Crippen LogP contribution in [-0.4, -0.2) is 29.9 Å². The molecular weight excluding hydrogens is 212 g/mol. The second kappa shape index (κ2) is 4.49. The highest BCUT2D eigenvalue weighted by atomic mass is 16.1. The van der Waals surface area contributed by atoms with Crippen molar-refractivity contribution in [2.24, 2.45) is 5.92 Å². The summed E-state index contributed by atoms with van der Waals surface area (Å²) in [4.78, 5) is 13.8. The molecule has 0 radical (unpaired) electrons. The van der Waals surface area contributed by atoms with E-state index in [1.54, 1.807) is 0 Å². The maximum atomic E-state index is 11.3. The third-order valence-corrected chi connectivity index (χ3v) is 3.85. The first-order chi connectivity index (χ1) is 8.31. The molecule has 0 aromatic heterocycles. The maximum Gasteiger partial charge on any atom is 0.220 e. The number of carbonyl (C=O) groups is 1. The Morgan fingerprint density at radius 1 is 1.24 bits per heavy atom. The van der Waals surface area contributed by atoms with Crippen molar-refractivity contribution in [3.8, 4) is 0 Å². The van der Waals surface area contributed by atoms with Crippen molar-refractivity contribution in [3.63, 3.8) is 0 Å². The van der Waals surface area contributed by atoms with Crippen LogP contribution in [0.25, 0.3) is 0 Å². The van der Waals surface area contributed by atoms with Gasteiger partial charge in [0.15, 0.2) is 0 Å². The quantitative estimate of drug-likeness (QED) is 0.833. The van der Waals surface area contributed by atoms with E-state index in [4.69, 9.17) is 0 Å². The first-order valence-electron chi connectivity index (χ1n) is 6.37. The second-order valence-corrected chi connectivity index (χ2v) is 5.15. The zero-order chi connectivity index (χ0) is 11.7. The van der Waals surface area contributed by atoms with Crippen LogP contribution in [0, 0.1) is 5.92 Å². The molecule has 2 aliphatic heterocycles. The number of benzene rings is 1. The summed E-state index contributed by atoms with van der Waals surface area (Å²) in [5.74, 6) is 0.893. The van der Waals surface area contributed by atoms with E-state index >= 15 is 0 Å². The number of nitrogens with zero attached hydrogens (tertiary/aromatic N) is 1. The number of nitrogens with one attached hydrogen (secondary N) is 1. The van der Waals surface area contributed by atoms with Gasteiger partial charge in [-0.15, -0.1) is 0 Å². The van der Waals surface area contributed by atoms with Crippen LogP contribution in [-0.2, 0) is 11.3 Å². The Morgan fingerprint density at radius 3 is 2.88 bits per heavy atom. The third-order valence-electron chi connectivity index (χ3n) is 3.85. The van der Waals surface area contributed by atoms with E-state index in [1.807, 2.05) is 6.07 Å². The van der Waals surface area contributed by atoms with Crippen molar-refractivity contribution < 1.29 is 4.79 Å². The molecule has 0 saturated carbocycles. The fourth-order valence-electron chi connectivity index (χ4n) is 2.98. The summed E-state index contributed by atoms with van der Waals surface area (Å²) in [5, 5.41) is 3.11. The molecule has 1 N–H and O–H groups in total. The van der Waals surface area contributed by atoms with Gasteiger partial charge in [-0.25, -0.2) is 0 Å². The first-order valence-corrected chi connectivity index (χ1v) is 6.37. The van der Waals surface area contributed by atoms with Crippen molar-refractivity contribution in [1.82, 2.24) is 10.2 Å². The average molecular weight is 230 g/mol. The van der Waals surface area contributed by atoms with Gasteiger partial charge in [0.05, 0.1) is 0 Å². The number of rotatable bonds is 2. The predicted octanol–water partition coefficient (Wildman–Crippen LogP) is 1.40. The van der Waals surface area contributed by atoms with Gasteiger partial charge in [-0.05, 0) is 17.9 Å². The molecule has 90 valence electrons. The summed E-state index contributed by atoms with van der Waals surface area (Å²) < 4.78 is 0. The highest BCUT2D eigenvalue weighted by Gasteiger charge is 2.36. The van der Waals surface area contributed by atoms with Gasteiger partial charge >= 0.3 is 0 Å². The number of hydrogen-bond donors (Lipinski definition) is 1. The molecule has 2 heterocycles. The standard InChI is InChI=1S/C14H18N2O/c17-14-7-6-12-9-16(10-13(12)15-14)8-11-4-2-1-3-5-11/h1-5,12-13H,6-10H2,(H,15,17)/t12-,13-/m0/s1. The van der Waals surface area contributed by atoms with Crippen LogP contribution >= 0.6 is 0 Å². The van der Waals surface area contributed by atoms with Crippen LogP contribution in [0.1, 0.15) is 18.4 Å². The summed E-state index contributed by atoms with van der Waals surface area (Å²) >= 11 is 0. The third kappa shape index (κ3) is 2.34. The molecule has 2 saturated heterocycles. The SMILES string of the molecule is O=C1CC[C@H]2CN(Cc3ccccc3)C[C@@H]2N1. The summed E-state index contributed by atoms with van der Waals surface area (Å²) in [6.45, 7) is 3.13. The lowest BCUT2D eigenvalue weighted by molar-refractivity contribution is -0.123. The van der Waals surface area contributed by atoms with E-state index in [-0.39, 0.29) is 5.91 Å². The zero-order valence-electron chi connectivity index (χ0n) is 9.93. The molecule has 3 heteroatoms. The van der Waals surface area contributed by atoms with Crippen molar-refractivity contribution >= 4 is 5.91 Å². The van der Waals surface area contributed by atoms with E-state index in [0.717, 1.165) is 26.1 Å². The Labute approximate surface area is 102 Å². The van der Waals surface area contributed by atoms with Gasteiger partial charge in [0.1, 0.15) is 0 Å². The number of amides is 1. The molecule has 1 aromatic carbocycles. The van der Waals surface area contributed by atoms with Crippen LogP contribution < -0.4 is 5.32 Å². The molecule has 2 fully saturated rings. The second-order valence-electron chi connectivity index (χ2n) is 5.15. The normalized spacial score (nSPS) is 28.8. The number of likely N-dealkylation sites (tertiary alicyclic amines) is 1. The van der Waals surface area contributed by atoms with Gasteiger partial charge in [0.25, 0.3) is 0 Å². The maximum absolute atomic E-state index is 11.3. The molecule has 1 amide bonds. The summed E-state index contributed by atoms with van der Waals surface area (Å²) in [5.41, 5.74) is 1.36. The minimum atomic E-state index is 0.229. The van der Waals surface area contributed by atoms with Crippen LogP contribution in [0.4, 0.5) is 0 Å². The molecule has 3 rings (SSSR count). The van der Waals surface area contributed by atoms with Gasteiger partial charge in [0, 0.05) is 32.1 Å². The van der Waals surface area contributed by atoms with E-state index in [1.165, 1.54) is 5.56 Å². The number of piperidine rings is 1. The largest absolute Gasteiger partial charge is 0.352 e. The van der Waals surface area contributed by atoms with Gasteiger partial charge in [0.2, 0.25) is 5.91 Å². The van der Waals surface area contributed by atoms with E-state index in [0.29, 0.717) is 18.4 Å². The number of hydrogen-bond acceptors (Lipinski definition) is 2. The molecule has 1 aromatic rings. The number of carbonyl (C=O) groups excluding carboxylic acids is 1. The monoisotopic (exact) mass is 230 g/mol. The highest BCUT2D eigenvalue weighted by molar-refractivity contribution is 5.77. The van der Waals surface area contributed by atoms with Crippen molar-refractivity contribution in [2.45, 2.75) is 25.4 Å². The van der Waals surface area contributed by atoms with Crippen LogP contribution in [0.5, 0.6) is 0 Å².